The van der Waals surface area contributed by atoms with Gasteiger partial charge in [-0.15, -0.1) is 0 Å². The molecule has 0 aliphatic rings. The first-order valence-corrected chi connectivity index (χ1v) is 6.93. The minimum atomic E-state index is -1.10. The molecule has 1 aromatic carbocycles. The van der Waals surface area contributed by atoms with Gasteiger partial charge in [-0.25, -0.2) is 4.39 Å². The SMILES string of the molecule is CCCC(CBr)COc1cc(F)c([N+](=O)[O-])cc1F. The van der Waals surface area contributed by atoms with Gasteiger partial charge in [0, 0.05) is 17.3 Å². The van der Waals surface area contributed by atoms with Crippen LogP contribution in [0.25, 0.3) is 0 Å². The number of ether oxygens (including phenoxy) is 1. The van der Waals surface area contributed by atoms with E-state index in [0.29, 0.717) is 17.5 Å². The van der Waals surface area contributed by atoms with Gasteiger partial charge in [0.1, 0.15) is 0 Å². The van der Waals surface area contributed by atoms with Crippen molar-refractivity contribution < 1.29 is 18.4 Å². The molecule has 0 saturated heterocycles. The van der Waals surface area contributed by atoms with E-state index in [0.717, 1.165) is 12.8 Å². The van der Waals surface area contributed by atoms with E-state index >= 15 is 0 Å². The van der Waals surface area contributed by atoms with Crippen molar-refractivity contribution in [2.24, 2.45) is 5.92 Å². The van der Waals surface area contributed by atoms with E-state index in [1.165, 1.54) is 0 Å². The van der Waals surface area contributed by atoms with E-state index < -0.39 is 22.2 Å². The lowest BCUT2D eigenvalue weighted by molar-refractivity contribution is -0.387. The fourth-order valence-corrected chi connectivity index (χ4v) is 2.10. The first kappa shape index (κ1) is 15.8. The number of nitrogens with zero attached hydrogens (tertiary/aromatic N) is 1. The molecule has 0 heterocycles. The lowest BCUT2D eigenvalue weighted by Crippen LogP contribution is -2.14. The number of rotatable bonds is 7. The normalized spacial score (nSPS) is 12.2. The summed E-state index contributed by atoms with van der Waals surface area (Å²) in [5, 5.41) is 11.1. The molecular formula is C12H14BrF2NO3. The highest BCUT2D eigenvalue weighted by Gasteiger charge is 2.20. The van der Waals surface area contributed by atoms with E-state index in [4.69, 9.17) is 4.74 Å². The number of benzene rings is 1. The molecule has 0 bridgehead atoms. The third-order valence-electron chi connectivity index (χ3n) is 2.59. The van der Waals surface area contributed by atoms with Crippen LogP contribution in [0.1, 0.15) is 19.8 Å². The molecule has 0 fully saturated rings. The molecule has 1 unspecified atom stereocenters. The Morgan fingerprint density at radius 1 is 1.42 bits per heavy atom. The lowest BCUT2D eigenvalue weighted by atomic mass is 10.1. The maximum atomic E-state index is 13.5. The van der Waals surface area contributed by atoms with E-state index in [9.17, 15) is 18.9 Å². The lowest BCUT2D eigenvalue weighted by Gasteiger charge is -2.14. The monoisotopic (exact) mass is 337 g/mol. The summed E-state index contributed by atoms with van der Waals surface area (Å²) in [5.41, 5.74) is -0.893. The summed E-state index contributed by atoms with van der Waals surface area (Å²) in [7, 11) is 0. The zero-order valence-corrected chi connectivity index (χ0v) is 12.0. The van der Waals surface area contributed by atoms with Crippen molar-refractivity contribution in [1.82, 2.24) is 0 Å². The standard InChI is InChI=1S/C12H14BrF2NO3/c1-2-3-8(6-13)7-19-12-5-9(14)11(16(17)18)4-10(12)15/h4-5,8H,2-3,6-7H2,1H3. The quantitative estimate of drug-likeness (QED) is 0.428. The summed E-state index contributed by atoms with van der Waals surface area (Å²) < 4.78 is 32.1. The van der Waals surface area contributed by atoms with Crippen LogP contribution in [0.3, 0.4) is 0 Å². The Balaban J connectivity index is 2.79. The molecule has 4 nitrogen and oxygen atoms in total. The molecule has 0 spiro atoms. The number of hydrogen-bond acceptors (Lipinski definition) is 3. The van der Waals surface area contributed by atoms with Crippen LogP contribution in [0.5, 0.6) is 5.75 Å². The minimum absolute atomic E-state index is 0.183. The van der Waals surface area contributed by atoms with Gasteiger partial charge < -0.3 is 4.74 Å². The molecule has 1 aromatic rings. The first-order chi connectivity index (χ1) is 8.99. The fraction of sp³-hybridized carbons (Fsp3) is 0.500. The molecule has 106 valence electrons. The van der Waals surface area contributed by atoms with Crippen LogP contribution in [0.15, 0.2) is 12.1 Å². The van der Waals surface area contributed by atoms with Crippen LogP contribution in [0.2, 0.25) is 0 Å². The number of nitro groups is 1. The van der Waals surface area contributed by atoms with Crippen LogP contribution >= 0.6 is 15.9 Å². The van der Waals surface area contributed by atoms with Crippen LogP contribution in [0.4, 0.5) is 14.5 Å². The van der Waals surface area contributed by atoms with Crippen molar-refractivity contribution >= 4 is 21.6 Å². The van der Waals surface area contributed by atoms with Crippen molar-refractivity contribution in [2.75, 3.05) is 11.9 Å². The first-order valence-electron chi connectivity index (χ1n) is 5.81. The number of alkyl halides is 1. The summed E-state index contributed by atoms with van der Waals surface area (Å²) in [6.07, 6.45) is 1.85. The van der Waals surface area contributed by atoms with E-state index in [1.54, 1.807) is 0 Å². The summed E-state index contributed by atoms with van der Waals surface area (Å²) in [5.74, 6) is -2.15. The summed E-state index contributed by atoms with van der Waals surface area (Å²) in [6.45, 7) is 2.25. The third kappa shape index (κ3) is 4.41. The van der Waals surface area contributed by atoms with Gasteiger partial charge in [-0.2, -0.15) is 4.39 Å². The predicted molar refractivity (Wildman–Crippen MR) is 70.7 cm³/mol. The second-order valence-corrected chi connectivity index (χ2v) is 4.76. The molecule has 1 rings (SSSR count). The Morgan fingerprint density at radius 3 is 2.63 bits per heavy atom. The highest BCUT2D eigenvalue weighted by Crippen LogP contribution is 2.27. The molecule has 0 saturated carbocycles. The third-order valence-corrected chi connectivity index (χ3v) is 3.50. The van der Waals surface area contributed by atoms with Crippen molar-refractivity contribution in [3.05, 3.63) is 33.9 Å². The largest absolute Gasteiger partial charge is 0.490 e. The van der Waals surface area contributed by atoms with Crippen LogP contribution < -0.4 is 4.74 Å². The van der Waals surface area contributed by atoms with Gasteiger partial charge in [-0.05, 0) is 6.42 Å². The number of halogens is 3. The van der Waals surface area contributed by atoms with Crippen molar-refractivity contribution in [3.63, 3.8) is 0 Å². The van der Waals surface area contributed by atoms with Crippen LogP contribution in [-0.4, -0.2) is 16.9 Å². The molecule has 0 aliphatic heterocycles. The predicted octanol–water partition coefficient (Wildman–Crippen LogP) is 4.06. The average Bonchev–Trinajstić information content (AvgIpc) is 2.37. The Morgan fingerprint density at radius 2 is 2.11 bits per heavy atom. The molecule has 7 heteroatoms. The summed E-state index contributed by atoms with van der Waals surface area (Å²) >= 11 is 3.32. The molecule has 0 radical (unpaired) electrons. The molecule has 0 aliphatic carbocycles. The molecule has 0 amide bonds. The molecular weight excluding hydrogens is 324 g/mol. The Labute approximate surface area is 118 Å². The number of hydrogen-bond donors (Lipinski definition) is 0. The second-order valence-electron chi connectivity index (χ2n) is 4.11. The van der Waals surface area contributed by atoms with Gasteiger partial charge in [-0.3, -0.25) is 10.1 Å². The fourth-order valence-electron chi connectivity index (χ4n) is 1.59. The topological polar surface area (TPSA) is 52.4 Å². The zero-order valence-electron chi connectivity index (χ0n) is 10.4. The Hall–Kier alpha value is -1.24. The van der Waals surface area contributed by atoms with Crippen LogP contribution in [-0.2, 0) is 0 Å². The van der Waals surface area contributed by atoms with Crippen molar-refractivity contribution in [1.29, 1.82) is 0 Å². The van der Waals surface area contributed by atoms with E-state index in [1.807, 2.05) is 6.92 Å². The number of nitro benzene ring substituents is 1. The molecule has 0 N–H and O–H groups in total. The molecule has 1 atom stereocenters. The smallest absolute Gasteiger partial charge is 0.307 e. The Bertz CT molecular complexity index is 457. The highest BCUT2D eigenvalue weighted by atomic mass is 79.9. The van der Waals surface area contributed by atoms with Gasteiger partial charge in [0.25, 0.3) is 0 Å². The van der Waals surface area contributed by atoms with Gasteiger partial charge in [0.15, 0.2) is 11.6 Å². The van der Waals surface area contributed by atoms with Crippen molar-refractivity contribution in [3.8, 4) is 5.75 Å². The van der Waals surface area contributed by atoms with Gasteiger partial charge in [0.2, 0.25) is 5.82 Å². The average molecular weight is 338 g/mol. The maximum absolute atomic E-state index is 13.5. The summed E-state index contributed by atoms with van der Waals surface area (Å²) in [4.78, 5) is 9.46. The van der Waals surface area contributed by atoms with Gasteiger partial charge in [0.05, 0.1) is 17.6 Å². The minimum Gasteiger partial charge on any atom is -0.490 e. The van der Waals surface area contributed by atoms with Crippen LogP contribution in [0, 0.1) is 27.7 Å². The van der Waals surface area contributed by atoms with Crippen molar-refractivity contribution in [2.45, 2.75) is 19.8 Å². The molecule has 19 heavy (non-hydrogen) atoms. The van der Waals surface area contributed by atoms with E-state index in [-0.39, 0.29) is 18.3 Å². The van der Waals surface area contributed by atoms with Gasteiger partial charge >= 0.3 is 5.69 Å². The highest BCUT2D eigenvalue weighted by molar-refractivity contribution is 9.09. The zero-order chi connectivity index (χ0) is 14.4. The summed E-state index contributed by atoms with van der Waals surface area (Å²) in [6, 6.07) is 1.25. The maximum Gasteiger partial charge on any atom is 0.307 e. The van der Waals surface area contributed by atoms with Gasteiger partial charge in [-0.1, -0.05) is 29.3 Å². The second kappa shape index (κ2) is 7.37. The van der Waals surface area contributed by atoms with E-state index in [2.05, 4.69) is 15.9 Å². The Kier molecular flexibility index (Phi) is 6.14. The molecule has 0 aromatic heterocycles.